The lowest BCUT2D eigenvalue weighted by molar-refractivity contribution is 0.524. The smallest absolute Gasteiger partial charge is 0.199 e. The maximum absolute atomic E-state index is 14.0. The van der Waals surface area contributed by atoms with Gasteiger partial charge in [0.2, 0.25) is 0 Å². The SMILES string of the molecule is N#CCN(CC#N)P1(F)=NP(F)(F)=NP(F)(F)=N1. The average molecular weight is 324 g/mol. The van der Waals surface area contributed by atoms with Crippen LogP contribution in [0.15, 0.2) is 13.5 Å². The molecule has 0 aliphatic carbocycles. The van der Waals surface area contributed by atoms with E-state index in [0.29, 0.717) is 0 Å². The minimum absolute atomic E-state index is 0.198. The molecule has 1 unspecified atom stereocenters. The van der Waals surface area contributed by atoms with Crippen LogP contribution in [0.1, 0.15) is 0 Å². The zero-order valence-electron chi connectivity index (χ0n) is 8.33. The predicted molar refractivity (Wildman–Crippen MR) is 56.4 cm³/mol. The highest BCUT2D eigenvalue weighted by Crippen LogP contribution is 2.82. The van der Waals surface area contributed by atoms with Crippen LogP contribution in [0.3, 0.4) is 0 Å². The Balaban J connectivity index is 3.42. The van der Waals surface area contributed by atoms with Crippen LogP contribution in [0.5, 0.6) is 0 Å². The van der Waals surface area contributed by atoms with Gasteiger partial charge in [-0.15, -0.1) is 30.3 Å². The highest BCUT2D eigenvalue weighted by Gasteiger charge is 2.42. The largest absolute Gasteiger partial charge is 0.424 e. The molecule has 0 fully saturated rings. The maximum atomic E-state index is 14.0. The fourth-order valence-corrected chi connectivity index (χ4v) is 6.98. The summed E-state index contributed by atoms with van der Waals surface area (Å²) >= 11 is 0. The highest BCUT2D eigenvalue weighted by atomic mass is 31.3. The number of halogens is 5. The van der Waals surface area contributed by atoms with Gasteiger partial charge >= 0.3 is 23.3 Å². The fraction of sp³-hybridized carbons (Fsp3) is 0.500. The van der Waals surface area contributed by atoms with E-state index in [4.69, 9.17) is 10.5 Å². The third kappa shape index (κ3) is 3.63. The van der Waals surface area contributed by atoms with Gasteiger partial charge in [-0.1, -0.05) is 0 Å². The van der Waals surface area contributed by atoms with Gasteiger partial charge in [-0.3, -0.25) is 0 Å². The third-order valence-electron chi connectivity index (χ3n) is 1.52. The molecule has 1 aliphatic heterocycles. The van der Waals surface area contributed by atoms with Crippen molar-refractivity contribution in [3.63, 3.8) is 0 Å². The first-order valence-corrected chi connectivity index (χ1v) is 8.52. The molecule has 0 aromatic rings. The highest BCUT2D eigenvalue weighted by molar-refractivity contribution is 7.78. The van der Waals surface area contributed by atoms with Crippen molar-refractivity contribution in [2.75, 3.05) is 13.1 Å². The molecule has 0 spiro atoms. The second-order valence-electron chi connectivity index (χ2n) is 2.81. The Hall–Kier alpha value is -0.720. The Morgan fingerprint density at radius 3 is 1.67 bits per heavy atom. The van der Waals surface area contributed by atoms with Crippen molar-refractivity contribution in [2.45, 2.75) is 0 Å². The van der Waals surface area contributed by atoms with Crippen LogP contribution in [-0.2, 0) is 0 Å². The van der Waals surface area contributed by atoms with E-state index in [9.17, 15) is 21.0 Å². The Labute approximate surface area is 99.0 Å². The van der Waals surface area contributed by atoms with Crippen molar-refractivity contribution in [2.24, 2.45) is 13.5 Å². The minimum Gasteiger partial charge on any atom is -0.199 e. The summed E-state index contributed by atoms with van der Waals surface area (Å²) in [5, 5.41) is 16.7. The number of hydrogen-bond donors (Lipinski definition) is 0. The second-order valence-corrected chi connectivity index (χ2v) is 8.34. The van der Waals surface area contributed by atoms with E-state index >= 15 is 0 Å². The predicted octanol–water partition coefficient (Wildman–Crippen LogP) is 5.04. The lowest BCUT2D eigenvalue weighted by atomic mass is 10.6. The van der Waals surface area contributed by atoms with Crippen molar-refractivity contribution >= 4 is 23.3 Å². The monoisotopic (exact) mass is 324 g/mol. The molecule has 0 radical (unpaired) electrons. The molecule has 0 saturated heterocycles. The molecule has 0 aromatic heterocycles. The number of nitrogens with zero attached hydrogens (tertiary/aromatic N) is 6. The molecule has 100 valence electrons. The summed E-state index contributed by atoms with van der Waals surface area (Å²) in [7, 11) is -16.7. The molecule has 1 atom stereocenters. The lowest BCUT2D eigenvalue weighted by Crippen LogP contribution is -2.18. The average Bonchev–Trinajstić information content (AvgIpc) is 2.11. The van der Waals surface area contributed by atoms with E-state index in [1.165, 1.54) is 12.1 Å². The Morgan fingerprint density at radius 2 is 1.28 bits per heavy atom. The quantitative estimate of drug-likeness (QED) is 0.414. The zero-order chi connectivity index (χ0) is 14.0. The van der Waals surface area contributed by atoms with Gasteiger partial charge in [-0.25, -0.2) is 0 Å². The number of hydrogen-bond acceptors (Lipinski definition) is 6. The van der Waals surface area contributed by atoms with Crippen LogP contribution in [0.4, 0.5) is 21.0 Å². The Bertz CT molecular complexity index is 564. The standard InChI is InChI=1S/C4H4F5N6P3/c5-16(6)12-17(7,8)14-18(9,13-16)15(3-1-10)4-2-11/h3-4H2. The van der Waals surface area contributed by atoms with Gasteiger partial charge in [0.25, 0.3) is 0 Å². The zero-order valence-corrected chi connectivity index (χ0v) is 11.0. The molecule has 1 aliphatic rings. The summed E-state index contributed by atoms with van der Waals surface area (Å²) < 4.78 is 72.4. The van der Waals surface area contributed by atoms with Crippen LogP contribution in [0, 0.1) is 22.7 Å². The van der Waals surface area contributed by atoms with E-state index in [1.54, 1.807) is 0 Å². The lowest BCUT2D eigenvalue weighted by Gasteiger charge is -2.24. The van der Waals surface area contributed by atoms with Crippen LogP contribution < -0.4 is 0 Å². The molecule has 14 heteroatoms. The topological polar surface area (TPSA) is 87.9 Å². The second kappa shape index (κ2) is 5.11. The van der Waals surface area contributed by atoms with Gasteiger partial charge in [0.05, 0.1) is 25.2 Å². The van der Waals surface area contributed by atoms with Gasteiger partial charge in [-0.2, -0.15) is 19.4 Å². The van der Waals surface area contributed by atoms with Crippen LogP contribution in [-0.4, -0.2) is 17.8 Å². The van der Waals surface area contributed by atoms with Crippen molar-refractivity contribution in [3.8, 4) is 12.1 Å². The maximum Gasteiger partial charge on any atom is 0.424 e. The summed E-state index contributed by atoms with van der Waals surface area (Å²) in [6.07, 6.45) is 0. The van der Waals surface area contributed by atoms with Crippen LogP contribution >= 0.6 is 23.3 Å². The first-order valence-electron chi connectivity index (χ1n) is 4.03. The Morgan fingerprint density at radius 1 is 0.833 bits per heavy atom. The van der Waals surface area contributed by atoms with E-state index in [1.807, 2.05) is 4.52 Å². The fourth-order valence-electron chi connectivity index (χ4n) is 0.969. The molecule has 0 N–H and O–H groups in total. The molecule has 0 amide bonds. The van der Waals surface area contributed by atoms with E-state index in [-0.39, 0.29) is 4.67 Å². The van der Waals surface area contributed by atoms with Crippen molar-refractivity contribution < 1.29 is 21.0 Å². The minimum atomic E-state index is -5.81. The van der Waals surface area contributed by atoms with E-state index in [2.05, 4.69) is 9.03 Å². The van der Waals surface area contributed by atoms with Crippen molar-refractivity contribution in [3.05, 3.63) is 0 Å². The van der Waals surface area contributed by atoms with Crippen molar-refractivity contribution in [1.29, 1.82) is 10.5 Å². The molecule has 0 bridgehead atoms. The number of rotatable bonds is 3. The normalized spacial score (nSPS) is 28.2. The molecular weight excluding hydrogens is 320 g/mol. The van der Waals surface area contributed by atoms with Crippen LogP contribution in [0.25, 0.3) is 0 Å². The van der Waals surface area contributed by atoms with Crippen LogP contribution in [0.2, 0.25) is 0 Å². The molecule has 1 rings (SSSR count). The summed E-state index contributed by atoms with van der Waals surface area (Å²) in [5.41, 5.74) is 0. The molecular formula is C4H4F5N6P3. The van der Waals surface area contributed by atoms with E-state index in [0.717, 1.165) is 0 Å². The molecule has 1 heterocycles. The number of nitriles is 2. The van der Waals surface area contributed by atoms with E-state index < -0.39 is 36.4 Å². The molecule has 0 saturated carbocycles. The van der Waals surface area contributed by atoms with Crippen molar-refractivity contribution in [1.82, 2.24) is 4.67 Å². The summed E-state index contributed by atoms with van der Waals surface area (Å²) in [6, 6.07) is 2.75. The molecule has 0 aromatic carbocycles. The third-order valence-corrected chi connectivity index (χ3v) is 7.79. The Kier molecular flexibility index (Phi) is 4.35. The first kappa shape index (κ1) is 15.3. The summed E-state index contributed by atoms with van der Waals surface area (Å²) in [6.45, 7) is -1.68. The van der Waals surface area contributed by atoms with Gasteiger partial charge in [0, 0.05) is 0 Å². The summed E-state index contributed by atoms with van der Waals surface area (Å²) in [4.78, 5) is 0. The van der Waals surface area contributed by atoms with Gasteiger partial charge in [0.15, 0.2) is 0 Å². The van der Waals surface area contributed by atoms with Gasteiger partial charge in [0.1, 0.15) is 0 Å². The first-order chi connectivity index (χ1) is 8.14. The van der Waals surface area contributed by atoms with Gasteiger partial charge in [-0.05, 0) is 0 Å². The molecule has 6 nitrogen and oxygen atoms in total. The van der Waals surface area contributed by atoms with Gasteiger partial charge < -0.3 is 0 Å². The summed E-state index contributed by atoms with van der Waals surface area (Å²) in [5.74, 6) is 0. The molecule has 18 heavy (non-hydrogen) atoms.